The Morgan fingerprint density at radius 2 is 2.00 bits per heavy atom. The Hall–Kier alpha value is -0.460. The minimum absolute atomic E-state index is 1.08. The van der Waals surface area contributed by atoms with E-state index in [2.05, 4.69) is 19.2 Å². The number of nitrogens with one attached hydrogen (secondary N) is 1. The Bertz CT molecular complexity index is 136. The summed E-state index contributed by atoms with van der Waals surface area (Å²) in [4.78, 5) is 0. The zero-order valence-electron chi connectivity index (χ0n) is 7.04. The quantitative estimate of drug-likeness (QED) is 0.619. The number of hydrogen-bond acceptors (Lipinski definition) is 1. The molecule has 1 rings (SSSR count). The third-order valence-electron chi connectivity index (χ3n) is 2.13. The van der Waals surface area contributed by atoms with Crippen LogP contribution in [0.2, 0.25) is 0 Å². The molecule has 0 aromatic heterocycles. The van der Waals surface area contributed by atoms with Gasteiger partial charge in [-0.2, -0.15) is 0 Å². The van der Waals surface area contributed by atoms with Crippen LogP contribution in [0.15, 0.2) is 11.3 Å². The van der Waals surface area contributed by atoms with E-state index in [-0.39, 0.29) is 0 Å². The van der Waals surface area contributed by atoms with Gasteiger partial charge in [0, 0.05) is 12.2 Å². The summed E-state index contributed by atoms with van der Waals surface area (Å²) < 4.78 is 0. The monoisotopic (exact) mass is 139 g/mol. The van der Waals surface area contributed by atoms with Crippen molar-refractivity contribution in [2.75, 3.05) is 6.54 Å². The fourth-order valence-corrected chi connectivity index (χ4v) is 1.51. The fraction of sp³-hybridized carbons (Fsp3) is 0.778. The summed E-state index contributed by atoms with van der Waals surface area (Å²) in [5, 5.41) is 3.41. The van der Waals surface area contributed by atoms with Crippen molar-refractivity contribution in [2.24, 2.45) is 0 Å². The lowest BCUT2D eigenvalue weighted by Gasteiger charge is -2.18. The number of allylic oxidation sites excluding steroid dienone is 2. The van der Waals surface area contributed by atoms with Crippen molar-refractivity contribution in [3.8, 4) is 0 Å². The predicted octanol–water partition coefficient (Wildman–Crippen LogP) is 2.44. The standard InChI is InChI=1S/C9H17N/c1-3-10-9-7-5-4-6-8(9)2/h10H,3-7H2,1-2H3. The first-order valence-corrected chi connectivity index (χ1v) is 4.27. The third kappa shape index (κ3) is 1.76. The molecule has 0 amide bonds. The topological polar surface area (TPSA) is 12.0 Å². The normalized spacial score (nSPS) is 19.4. The molecule has 0 radical (unpaired) electrons. The van der Waals surface area contributed by atoms with Crippen molar-refractivity contribution in [1.29, 1.82) is 0 Å². The van der Waals surface area contributed by atoms with Gasteiger partial charge in [0.2, 0.25) is 0 Å². The van der Waals surface area contributed by atoms with Crippen LogP contribution >= 0.6 is 0 Å². The van der Waals surface area contributed by atoms with E-state index >= 15 is 0 Å². The molecule has 1 aliphatic rings. The molecule has 0 atom stereocenters. The van der Waals surface area contributed by atoms with Gasteiger partial charge in [0.25, 0.3) is 0 Å². The van der Waals surface area contributed by atoms with E-state index in [0.29, 0.717) is 0 Å². The van der Waals surface area contributed by atoms with E-state index in [1.165, 1.54) is 31.4 Å². The molecule has 1 N–H and O–H groups in total. The third-order valence-corrected chi connectivity index (χ3v) is 2.13. The molecule has 1 heteroatoms. The summed E-state index contributed by atoms with van der Waals surface area (Å²) in [5.41, 5.74) is 3.09. The maximum atomic E-state index is 3.41. The first-order valence-electron chi connectivity index (χ1n) is 4.27. The highest BCUT2D eigenvalue weighted by atomic mass is 14.9. The average molecular weight is 139 g/mol. The van der Waals surface area contributed by atoms with Gasteiger partial charge < -0.3 is 5.32 Å². The van der Waals surface area contributed by atoms with Crippen LogP contribution in [0.25, 0.3) is 0 Å². The first kappa shape index (κ1) is 7.64. The Kier molecular flexibility index (Phi) is 2.79. The fourth-order valence-electron chi connectivity index (χ4n) is 1.51. The van der Waals surface area contributed by atoms with Gasteiger partial charge in [0.1, 0.15) is 0 Å². The zero-order chi connectivity index (χ0) is 7.40. The second kappa shape index (κ2) is 3.65. The van der Waals surface area contributed by atoms with Gasteiger partial charge in [-0.15, -0.1) is 0 Å². The van der Waals surface area contributed by atoms with E-state index < -0.39 is 0 Å². The van der Waals surface area contributed by atoms with E-state index in [1.54, 1.807) is 5.57 Å². The van der Waals surface area contributed by atoms with Gasteiger partial charge >= 0.3 is 0 Å². The Balaban J connectivity index is 2.50. The molecule has 1 nitrogen and oxygen atoms in total. The summed E-state index contributed by atoms with van der Waals surface area (Å²) in [6.45, 7) is 5.48. The highest BCUT2D eigenvalue weighted by Gasteiger charge is 2.06. The van der Waals surface area contributed by atoms with Crippen LogP contribution in [0, 0.1) is 0 Å². The minimum atomic E-state index is 1.08. The Morgan fingerprint density at radius 1 is 1.30 bits per heavy atom. The van der Waals surface area contributed by atoms with Crippen LogP contribution in [0.5, 0.6) is 0 Å². The van der Waals surface area contributed by atoms with E-state index in [0.717, 1.165) is 6.54 Å². The minimum Gasteiger partial charge on any atom is -0.389 e. The number of rotatable bonds is 2. The number of hydrogen-bond donors (Lipinski definition) is 1. The summed E-state index contributed by atoms with van der Waals surface area (Å²) in [5.74, 6) is 0. The largest absolute Gasteiger partial charge is 0.389 e. The predicted molar refractivity (Wildman–Crippen MR) is 44.8 cm³/mol. The van der Waals surface area contributed by atoms with Crippen LogP contribution in [-0.2, 0) is 0 Å². The van der Waals surface area contributed by atoms with Gasteiger partial charge in [-0.1, -0.05) is 5.57 Å². The summed E-state index contributed by atoms with van der Waals surface area (Å²) in [7, 11) is 0. The molecule has 0 spiro atoms. The van der Waals surface area contributed by atoms with Crippen LogP contribution in [0.1, 0.15) is 39.5 Å². The second-order valence-corrected chi connectivity index (χ2v) is 3.00. The molecular formula is C9H17N. The van der Waals surface area contributed by atoms with Crippen molar-refractivity contribution >= 4 is 0 Å². The molecule has 1 aliphatic carbocycles. The van der Waals surface area contributed by atoms with Crippen molar-refractivity contribution in [1.82, 2.24) is 5.32 Å². The summed E-state index contributed by atoms with van der Waals surface area (Å²) in [6, 6.07) is 0. The smallest absolute Gasteiger partial charge is 0.0115 e. The van der Waals surface area contributed by atoms with Gasteiger partial charge in [-0.25, -0.2) is 0 Å². The summed E-state index contributed by atoms with van der Waals surface area (Å²) in [6.07, 6.45) is 5.35. The molecule has 58 valence electrons. The zero-order valence-corrected chi connectivity index (χ0v) is 7.04. The molecule has 0 aromatic carbocycles. The SMILES string of the molecule is CCNC1=C(C)CCCC1. The van der Waals surface area contributed by atoms with E-state index in [9.17, 15) is 0 Å². The molecular weight excluding hydrogens is 122 g/mol. The molecule has 0 unspecified atom stereocenters. The lowest BCUT2D eigenvalue weighted by Crippen LogP contribution is -2.16. The molecule has 0 aromatic rings. The lowest BCUT2D eigenvalue weighted by molar-refractivity contribution is 0.623. The van der Waals surface area contributed by atoms with Crippen LogP contribution in [0.3, 0.4) is 0 Å². The molecule has 0 heterocycles. The van der Waals surface area contributed by atoms with Crippen molar-refractivity contribution in [2.45, 2.75) is 39.5 Å². The van der Waals surface area contributed by atoms with Crippen LogP contribution < -0.4 is 5.32 Å². The molecule has 0 saturated carbocycles. The Labute approximate surface area is 63.5 Å². The first-order chi connectivity index (χ1) is 4.84. The molecule has 10 heavy (non-hydrogen) atoms. The van der Waals surface area contributed by atoms with E-state index in [1.807, 2.05) is 0 Å². The lowest BCUT2D eigenvalue weighted by atomic mass is 9.97. The maximum Gasteiger partial charge on any atom is 0.0115 e. The van der Waals surface area contributed by atoms with Gasteiger partial charge in [0.05, 0.1) is 0 Å². The van der Waals surface area contributed by atoms with E-state index in [4.69, 9.17) is 0 Å². The van der Waals surface area contributed by atoms with Gasteiger partial charge in [0.15, 0.2) is 0 Å². The molecule has 0 saturated heterocycles. The summed E-state index contributed by atoms with van der Waals surface area (Å²) >= 11 is 0. The van der Waals surface area contributed by atoms with Crippen LogP contribution in [0.4, 0.5) is 0 Å². The second-order valence-electron chi connectivity index (χ2n) is 3.00. The average Bonchev–Trinajstić information content (AvgIpc) is 1.94. The van der Waals surface area contributed by atoms with Crippen molar-refractivity contribution in [3.63, 3.8) is 0 Å². The Morgan fingerprint density at radius 3 is 2.60 bits per heavy atom. The molecule has 0 bridgehead atoms. The molecule has 0 fully saturated rings. The maximum absolute atomic E-state index is 3.41. The van der Waals surface area contributed by atoms with Gasteiger partial charge in [-0.3, -0.25) is 0 Å². The van der Waals surface area contributed by atoms with Crippen molar-refractivity contribution < 1.29 is 0 Å². The van der Waals surface area contributed by atoms with Crippen LogP contribution in [-0.4, -0.2) is 6.54 Å². The van der Waals surface area contributed by atoms with Crippen molar-refractivity contribution in [3.05, 3.63) is 11.3 Å². The van der Waals surface area contributed by atoms with Gasteiger partial charge in [-0.05, 0) is 39.5 Å². The highest BCUT2D eigenvalue weighted by Crippen LogP contribution is 2.21. The molecule has 0 aliphatic heterocycles. The highest BCUT2D eigenvalue weighted by molar-refractivity contribution is 5.12.